The largest absolute Gasteiger partial charge is 0.451 e. The van der Waals surface area contributed by atoms with E-state index in [1.54, 1.807) is 12.1 Å². The van der Waals surface area contributed by atoms with E-state index in [2.05, 4.69) is 0 Å². The third-order valence-electron chi connectivity index (χ3n) is 2.35. The van der Waals surface area contributed by atoms with Crippen LogP contribution in [-0.4, -0.2) is 23.2 Å². The molecule has 0 aromatic heterocycles. The number of nitrogens with two attached hydrogens (primary N) is 1. The molecule has 1 aromatic rings. The van der Waals surface area contributed by atoms with Crippen molar-refractivity contribution >= 4 is 7.12 Å². The third kappa shape index (κ3) is 4.30. The van der Waals surface area contributed by atoms with Crippen LogP contribution in [0.2, 0.25) is 6.32 Å². The Morgan fingerprint density at radius 1 is 1.44 bits per heavy atom. The fourth-order valence-electron chi connectivity index (χ4n) is 1.55. The van der Waals surface area contributed by atoms with Gasteiger partial charge in [-0.15, -0.1) is 0 Å². The van der Waals surface area contributed by atoms with Gasteiger partial charge in [0.1, 0.15) is 5.82 Å². The highest BCUT2D eigenvalue weighted by Gasteiger charge is 2.09. The molecule has 0 unspecified atom stereocenters. The fraction of sp³-hybridized carbons (Fsp3) is 0.455. The molecule has 0 bridgehead atoms. The summed E-state index contributed by atoms with van der Waals surface area (Å²) < 4.78 is 13.6. The minimum atomic E-state index is -1.34. The van der Waals surface area contributed by atoms with Crippen molar-refractivity contribution in [2.45, 2.75) is 32.1 Å². The Hall–Kier alpha value is -0.905. The van der Waals surface area contributed by atoms with Crippen LogP contribution in [0.1, 0.15) is 18.1 Å². The summed E-state index contributed by atoms with van der Waals surface area (Å²) in [7, 11) is -1.34. The first-order valence-electron chi connectivity index (χ1n) is 5.38. The van der Waals surface area contributed by atoms with Crippen molar-refractivity contribution in [2.75, 3.05) is 0 Å². The van der Waals surface area contributed by atoms with Crippen LogP contribution in [0, 0.1) is 5.82 Å². The molecule has 1 atom stereocenters. The monoisotopic (exact) mass is 225 g/mol. The van der Waals surface area contributed by atoms with Gasteiger partial charge in [0.2, 0.25) is 0 Å². The second kappa shape index (κ2) is 5.99. The highest BCUT2D eigenvalue weighted by Crippen LogP contribution is 2.13. The SMILES string of the molecule is C[C@H](N)Cc1ccc(CCB(O)O)cc1F. The molecule has 4 N–H and O–H groups in total. The number of benzene rings is 1. The lowest BCUT2D eigenvalue weighted by Gasteiger charge is -2.08. The summed E-state index contributed by atoms with van der Waals surface area (Å²) in [4.78, 5) is 0. The van der Waals surface area contributed by atoms with Crippen LogP contribution < -0.4 is 5.73 Å². The maximum atomic E-state index is 13.6. The molecule has 1 aromatic carbocycles. The summed E-state index contributed by atoms with van der Waals surface area (Å²) in [6.45, 7) is 1.83. The fourth-order valence-corrected chi connectivity index (χ4v) is 1.55. The highest BCUT2D eigenvalue weighted by molar-refractivity contribution is 6.40. The molecular formula is C11H17BFNO2. The van der Waals surface area contributed by atoms with E-state index < -0.39 is 7.12 Å². The van der Waals surface area contributed by atoms with Gasteiger partial charge in [-0.1, -0.05) is 12.1 Å². The molecule has 3 nitrogen and oxygen atoms in total. The van der Waals surface area contributed by atoms with Gasteiger partial charge in [-0.3, -0.25) is 0 Å². The van der Waals surface area contributed by atoms with E-state index in [1.807, 2.05) is 6.92 Å². The molecule has 0 fully saturated rings. The summed E-state index contributed by atoms with van der Waals surface area (Å²) >= 11 is 0. The van der Waals surface area contributed by atoms with Crippen molar-refractivity contribution in [3.8, 4) is 0 Å². The molecule has 1 rings (SSSR count). The van der Waals surface area contributed by atoms with Crippen LogP contribution in [0.25, 0.3) is 0 Å². The molecule has 0 heterocycles. The van der Waals surface area contributed by atoms with Gasteiger partial charge < -0.3 is 15.8 Å². The smallest absolute Gasteiger partial charge is 0.427 e. The minimum Gasteiger partial charge on any atom is -0.427 e. The first-order chi connectivity index (χ1) is 7.49. The van der Waals surface area contributed by atoms with Gasteiger partial charge in [0.05, 0.1) is 0 Å². The van der Waals surface area contributed by atoms with E-state index in [4.69, 9.17) is 15.8 Å². The van der Waals surface area contributed by atoms with Gasteiger partial charge in [0.15, 0.2) is 0 Å². The Morgan fingerprint density at radius 2 is 2.12 bits per heavy atom. The van der Waals surface area contributed by atoms with Crippen molar-refractivity contribution in [1.29, 1.82) is 0 Å². The molecule has 0 aliphatic rings. The Morgan fingerprint density at radius 3 is 2.62 bits per heavy atom. The zero-order chi connectivity index (χ0) is 12.1. The van der Waals surface area contributed by atoms with Gasteiger partial charge in [-0.05, 0) is 43.3 Å². The van der Waals surface area contributed by atoms with Gasteiger partial charge in [-0.25, -0.2) is 4.39 Å². The van der Waals surface area contributed by atoms with E-state index >= 15 is 0 Å². The Labute approximate surface area is 95.2 Å². The second-order valence-electron chi connectivity index (χ2n) is 4.13. The van der Waals surface area contributed by atoms with Crippen LogP contribution in [0.4, 0.5) is 4.39 Å². The number of aryl methyl sites for hydroxylation is 1. The molecule has 0 radical (unpaired) electrons. The number of hydrogen-bond donors (Lipinski definition) is 3. The quantitative estimate of drug-likeness (QED) is 0.647. The van der Waals surface area contributed by atoms with E-state index in [0.29, 0.717) is 18.4 Å². The summed E-state index contributed by atoms with van der Waals surface area (Å²) in [6.07, 6.45) is 1.17. The summed E-state index contributed by atoms with van der Waals surface area (Å²) in [5, 5.41) is 17.4. The second-order valence-corrected chi connectivity index (χ2v) is 4.13. The van der Waals surface area contributed by atoms with Gasteiger partial charge >= 0.3 is 7.12 Å². The van der Waals surface area contributed by atoms with Crippen LogP contribution in [0.5, 0.6) is 0 Å². The van der Waals surface area contributed by atoms with E-state index in [1.165, 1.54) is 6.07 Å². The molecule has 88 valence electrons. The van der Waals surface area contributed by atoms with E-state index in [0.717, 1.165) is 5.56 Å². The molecule has 0 saturated carbocycles. The predicted octanol–water partition coefficient (Wildman–Crippen LogP) is 0.731. The minimum absolute atomic E-state index is 0.0698. The molecular weight excluding hydrogens is 208 g/mol. The van der Waals surface area contributed by atoms with Crippen LogP contribution >= 0.6 is 0 Å². The summed E-state index contributed by atoms with van der Waals surface area (Å²) in [6, 6.07) is 4.86. The maximum absolute atomic E-state index is 13.6. The average molecular weight is 225 g/mol. The third-order valence-corrected chi connectivity index (χ3v) is 2.35. The molecule has 5 heteroatoms. The summed E-state index contributed by atoms with van der Waals surface area (Å²) in [5.74, 6) is -0.276. The van der Waals surface area contributed by atoms with Crippen LogP contribution in [0.15, 0.2) is 18.2 Å². The highest BCUT2D eigenvalue weighted by atomic mass is 19.1. The van der Waals surface area contributed by atoms with Gasteiger partial charge in [0.25, 0.3) is 0 Å². The van der Waals surface area contributed by atoms with Crippen molar-refractivity contribution in [3.05, 3.63) is 35.1 Å². The topological polar surface area (TPSA) is 66.5 Å². The zero-order valence-electron chi connectivity index (χ0n) is 9.36. The van der Waals surface area contributed by atoms with Gasteiger partial charge in [0, 0.05) is 6.04 Å². The van der Waals surface area contributed by atoms with E-state index in [-0.39, 0.29) is 18.2 Å². The molecule has 0 aliphatic carbocycles. The lowest BCUT2D eigenvalue weighted by molar-refractivity contribution is 0.405. The maximum Gasteiger partial charge on any atom is 0.451 e. The molecule has 16 heavy (non-hydrogen) atoms. The Balaban J connectivity index is 2.67. The normalized spacial score (nSPS) is 12.6. The van der Waals surface area contributed by atoms with Crippen molar-refractivity contribution in [2.24, 2.45) is 5.73 Å². The van der Waals surface area contributed by atoms with Crippen molar-refractivity contribution in [1.82, 2.24) is 0 Å². The predicted molar refractivity (Wildman–Crippen MR) is 62.5 cm³/mol. The van der Waals surface area contributed by atoms with Crippen LogP contribution in [-0.2, 0) is 12.8 Å². The molecule has 0 spiro atoms. The van der Waals surface area contributed by atoms with Crippen LogP contribution in [0.3, 0.4) is 0 Å². The Bertz CT molecular complexity index is 345. The first-order valence-corrected chi connectivity index (χ1v) is 5.38. The first kappa shape index (κ1) is 13.2. The lowest BCUT2D eigenvalue weighted by atomic mass is 9.82. The Kier molecular flexibility index (Phi) is 4.92. The molecule has 0 aliphatic heterocycles. The number of halogens is 1. The van der Waals surface area contributed by atoms with Crippen molar-refractivity contribution in [3.63, 3.8) is 0 Å². The average Bonchev–Trinajstić information content (AvgIpc) is 2.18. The number of hydrogen-bond acceptors (Lipinski definition) is 3. The van der Waals surface area contributed by atoms with Gasteiger partial charge in [-0.2, -0.15) is 0 Å². The molecule has 0 saturated heterocycles. The van der Waals surface area contributed by atoms with E-state index in [9.17, 15) is 4.39 Å². The summed E-state index contributed by atoms with van der Waals surface area (Å²) in [5.41, 5.74) is 6.96. The zero-order valence-corrected chi connectivity index (χ0v) is 9.36. The van der Waals surface area contributed by atoms with Crippen molar-refractivity contribution < 1.29 is 14.4 Å². The lowest BCUT2D eigenvalue weighted by Crippen LogP contribution is -2.18. The molecule has 0 amide bonds. The standard InChI is InChI=1S/C11H17BFNO2/c1-8(14)6-10-3-2-9(7-11(10)13)4-5-12(15)16/h2-3,7-8,15-16H,4-6,14H2,1H3/t8-/m0/s1. The number of rotatable bonds is 5.